The fourth-order valence-electron chi connectivity index (χ4n) is 2.18. The second kappa shape index (κ2) is 6.35. The van der Waals surface area contributed by atoms with E-state index in [0.717, 1.165) is 22.9 Å². The second-order valence-electron chi connectivity index (χ2n) is 4.81. The minimum atomic E-state index is -3.32. The van der Waals surface area contributed by atoms with Crippen molar-refractivity contribution in [3.63, 3.8) is 0 Å². The molecule has 0 aromatic heterocycles. The maximum atomic E-state index is 12.1. The first-order chi connectivity index (χ1) is 8.96. The van der Waals surface area contributed by atoms with Crippen LogP contribution in [0.4, 0.5) is 0 Å². The van der Waals surface area contributed by atoms with E-state index in [1.807, 2.05) is 31.2 Å². The van der Waals surface area contributed by atoms with Gasteiger partial charge in [-0.05, 0) is 37.5 Å². The van der Waals surface area contributed by atoms with Gasteiger partial charge in [0.25, 0.3) is 0 Å². The summed E-state index contributed by atoms with van der Waals surface area (Å²) in [6.07, 6.45) is 1.61. The molecular formula is C13H18BrNO3S. The van der Waals surface area contributed by atoms with E-state index in [-0.39, 0.29) is 17.9 Å². The molecule has 2 unspecified atom stereocenters. The number of hydrogen-bond donors (Lipinski definition) is 1. The molecule has 0 amide bonds. The highest BCUT2D eigenvalue weighted by Crippen LogP contribution is 2.19. The Labute approximate surface area is 122 Å². The van der Waals surface area contributed by atoms with Gasteiger partial charge in [-0.2, -0.15) is 0 Å². The minimum Gasteiger partial charge on any atom is -0.377 e. The molecule has 19 heavy (non-hydrogen) atoms. The zero-order chi connectivity index (χ0) is 13.9. The van der Waals surface area contributed by atoms with Gasteiger partial charge in [0.15, 0.2) is 0 Å². The van der Waals surface area contributed by atoms with Crippen LogP contribution in [0, 0.1) is 0 Å². The average molecular weight is 348 g/mol. The van der Waals surface area contributed by atoms with E-state index in [0.29, 0.717) is 6.61 Å². The van der Waals surface area contributed by atoms with Gasteiger partial charge in [-0.25, -0.2) is 13.1 Å². The van der Waals surface area contributed by atoms with Crippen molar-refractivity contribution >= 4 is 26.0 Å². The molecule has 106 valence electrons. The van der Waals surface area contributed by atoms with Gasteiger partial charge in [-0.1, -0.05) is 28.1 Å². The van der Waals surface area contributed by atoms with Gasteiger partial charge in [0, 0.05) is 17.1 Å². The molecule has 1 aliphatic rings. The molecule has 1 aliphatic heterocycles. The first-order valence-electron chi connectivity index (χ1n) is 6.33. The molecule has 1 fully saturated rings. The molecule has 6 heteroatoms. The van der Waals surface area contributed by atoms with Crippen LogP contribution in [0.2, 0.25) is 0 Å². The molecule has 1 aromatic carbocycles. The monoisotopic (exact) mass is 347 g/mol. The third-order valence-electron chi connectivity index (χ3n) is 3.13. The van der Waals surface area contributed by atoms with Crippen LogP contribution in [-0.4, -0.2) is 26.9 Å². The van der Waals surface area contributed by atoms with E-state index in [4.69, 9.17) is 4.74 Å². The molecule has 1 saturated heterocycles. The standard InChI is InChI=1S/C13H18BrNO3S/c1-10(11-4-2-5-12(14)8-11)15-19(16,17)9-13-6-3-7-18-13/h2,4-5,8,10,13,15H,3,6-7,9H2,1H3. The number of sulfonamides is 1. The Bertz CT molecular complexity index is 526. The van der Waals surface area contributed by atoms with E-state index < -0.39 is 10.0 Å². The van der Waals surface area contributed by atoms with E-state index >= 15 is 0 Å². The lowest BCUT2D eigenvalue weighted by molar-refractivity contribution is 0.127. The van der Waals surface area contributed by atoms with Crippen LogP contribution in [0.25, 0.3) is 0 Å². The van der Waals surface area contributed by atoms with Crippen molar-refractivity contribution in [3.05, 3.63) is 34.3 Å². The van der Waals surface area contributed by atoms with E-state index in [9.17, 15) is 8.42 Å². The quantitative estimate of drug-likeness (QED) is 0.890. The lowest BCUT2D eigenvalue weighted by Crippen LogP contribution is -2.33. The maximum Gasteiger partial charge on any atom is 0.214 e. The largest absolute Gasteiger partial charge is 0.377 e. The Morgan fingerprint density at radius 1 is 1.53 bits per heavy atom. The van der Waals surface area contributed by atoms with Gasteiger partial charge in [0.2, 0.25) is 10.0 Å². The summed E-state index contributed by atoms with van der Waals surface area (Å²) in [5.41, 5.74) is 0.935. The Morgan fingerprint density at radius 3 is 2.95 bits per heavy atom. The zero-order valence-electron chi connectivity index (χ0n) is 10.8. The SMILES string of the molecule is CC(NS(=O)(=O)CC1CCCO1)c1cccc(Br)c1. The lowest BCUT2D eigenvalue weighted by atomic mass is 10.1. The molecule has 1 aromatic rings. The molecule has 0 spiro atoms. The van der Waals surface area contributed by atoms with E-state index in [1.165, 1.54) is 0 Å². The summed E-state index contributed by atoms with van der Waals surface area (Å²) >= 11 is 3.38. The number of halogens is 1. The smallest absolute Gasteiger partial charge is 0.214 e. The first-order valence-corrected chi connectivity index (χ1v) is 8.78. The molecule has 0 aliphatic carbocycles. The molecule has 2 atom stereocenters. The molecule has 0 saturated carbocycles. The molecule has 2 rings (SSSR count). The Morgan fingerprint density at radius 2 is 2.32 bits per heavy atom. The summed E-state index contributed by atoms with van der Waals surface area (Å²) in [5, 5.41) is 0. The van der Waals surface area contributed by atoms with Crippen LogP contribution in [0.15, 0.2) is 28.7 Å². The molecule has 0 radical (unpaired) electrons. The first kappa shape index (κ1) is 15.0. The lowest BCUT2D eigenvalue weighted by Gasteiger charge is -2.17. The Hall–Kier alpha value is -0.430. The van der Waals surface area contributed by atoms with E-state index in [1.54, 1.807) is 0 Å². The van der Waals surface area contributed by atoms with Gasteiger partial charge in [0.1, 0.15) is 0 Å². The van der Waals surface area contributed by atoms with Crippen molar-refractivity contribution < 1.29 is 13.2 Å². The molecular weight excluding hydrogens is 330 g/mol. The van der Waals surface area contributed by atoms with Gasteiger partial charge in [-0.15, -0.1) is 0 Å². The molecule has 0 bridgehead atoms. The Balaban J connectivity index is 1.98. The highest BCUT2D eigenvalue weighted by atomic mass is 79.9. The highest BCUT2D eigenvalue weighted by Gasteiger charge is 2.24. The summed E-state index contributed by atoms with van der Waals surface area (Å²) in [4.78, 5) is 0. The highest BCUT2D eigenvalue weighted by molar-refractivity contribution is 9.10. The van der Waals surface area contributed by atoms with Crippen LogP contribution in [0.1, 0.15) is 31.4 Å². The van der Waals surface area contributed by atoms with Crippen molar-refractivity contribution in [2.45, 2.75) is 31.9 Å². The zero-order valence-corrected chi connectivity index (χ0v) is 13.2. The fraction of sp³-hybridized carbons (Fsp3) is 0.538. The van der Waals surface area contributed by atoms with Crippen molar-refractivity contribution in [1.29, 1.82) is 0 Å². The van der Waals surface area contributed by atoms with Crippen molar-refractivity contribution in [1.82, 2.24) is 4.72 Å². The maximum absolute atomic E-state index is 12.1. The Kier molecular flexibility index (Phi) is 5.00. The summed E-state index contributed by atoms with van der Waals surface area (Å²) in [6, 6.07) is 7.38. The summed E-state index contributed by atoms with van der Waals surface area (Å²) in [6.45, 7) is 2.51. The third kappa shape index (κ3) is 4.56. The van der Waals surface area contributed by atoms with Crippen LogP contribution in [0.3, 0.4) is 0 Å². The third-order valence-corrected chi connectivity index (χ3v) is 5.15. The van der Waals surface area contributed by atoms with Crippen LogP contribution in [0.5, 0.6) is 0 Å². The van der Waals surface area contributed by atoms with Gasteiger partial charge in [0.05, 0.1) is 11.9 Å². The average Bonchev–Trinajstić information content (AvgIpc) is 2.80. The summed E-state index contributed by atoms with van der Waals surface area (Å²) < 4.78 is 33.1. The predicted octanol–water partition coefficient (Wildman–Crippen LogP) is 2.61. The number of nitrogens with one attached hydrogen (secondary N) is 1. The topological polar surface area (TPSA) is 55.4 Å². The second-order valence-corrected chi connectivity index (χ2v) is 7.53. The summed E-state index contributed by atoms with van der Waals surface area (Å²) in [7, 11) is -3.32. The predicted molar refractivity (Wildman–Crippen MR) is 78.5 cm³/mol. The van der Waals surface area contributed by atoms with Crippen LogP contribution >= 0.6 is 15.9 Å². The van der Waals surface area contributed by atoms with Gasteiger partial charge < -0.3 is 4.74 Å². The molecule has 4 nitrogen and oxygen atoms in total. The summed E-state index contributed by atoms with van der Waals surface area (Å²) in [5.74, 6) is 0.0470. The number of hydrogen-bond acceptors (Lipinski definition) is 3. The van der Waals surface area contributed by atoms with Gasteiger partial charge in [-0.3, -0.25) is 0 Å². The van der Waals surface area contributed by atoms with E-state index in [2.05, 4.69) is 20.7 Å². The van der Waals surface area contributed by atoms with Gasteiger partial charge >= 0.3 is 0 Å². The number of rotatable bonds is 5. The number of benzene rings is 1. The molecule has 1 N–H and O–H groups in total. The fourth-order valence-corrected chi connectivity index (χ4v) is 4.12. The molecule has 1 heterocycles. The van der Waals surface area contributed by atoms with Crippen molar-refractivity contribution in [2.24, 2.45) is 0 Å². The van der Waals surface area contributed by atoms with Crippen molar-refractivity contribution in [2.75, 3.05) is 12.4 Å². The van der Waals surface area contributed by atoms with Crippen molar-refractivity contribution in [3.8, 4) is 0 Å². The minimum absolute atomic E-state index is 0.0470. The normalized spacial score (nSPS) is 21.5. The van der Waals surface area contributed by atoms with Crippen LogP contribution < -0.4 is 4.72 Å². The van der Waals surface area contributed by atoms with Crippen LogP contribution in [-0.2, 0) is 14.8 Å². The number of ether oxygens (including phenoxy) is 1.